The highest BCUT2D eigenvalue weighted by Crippen LogP contribution is 2.40. The highest BCUT2D eigenvalue weighted by Gasteiger charge is 2.31. The Kier molecular flexibility index (Phi) is 7.09. The molecule has 7 nitrogen and oxygen atoms in total. The minimum atomic E-state index is -4.58. The van der Waals surface area contributed by atoms with Crippen molar-refractivity contribution in [3.05, 3.63) is 69.9 Å². The van der Waals surface area contributed by atoms with Gasteiger partial charge in [-0.3, -0.25) is 14.4 Å². The molecule has 4 rings (SSSR count). The van der Waals surface area contributed by atoms with E-state index in [4.69, 9.17) is 0 Å². The number of rotatable bonds is 9. The quantitative estimate of drug-likeness (QED) is 0.275. The van der Waals surface area contributed by atoms with Crippen LogP contribution >= 0.6 is 22.7 Å². The van der Waals surface area contributed by atoms with Gasteiger partial charge in [0.05, 0.1) is 26.7 Å². The number of alkyl halides is 3. The molecular weight excluding hydrogens is 517 g/mol. The number of aliphatic carboxylic acids is 2. The third-order valence-electron chi connectivity index (χ3n) is 5.14. The van der Waals surface area contributed by atoms with E-state index in [1.165, 1.54) is 23.5 Å². The summed E-state index contributed by atoms with van der Waals surface area (Å²) >= 11 is 2.40. The molecule has 0 saturated heterocycles. The van der Waals surface area contributed by atoms with Crippen molar-refractivity contribution in [1.82, 2.24) is 4.98 Å². The van der Waals surface area contributed by atoms with Crippen LogP contribution in [0.1, 0.15) is 20.8 Å². The van der Waals surface area contributed by atoms with E-state index in [1.54, 1.807) is 12.1 Å². The van der Waals surface area contributed by atoms with Crippen molar-refractivity contribution in [2.75, 3.05) is 18.0 Å². The first-order valence-electron chi connectivity index (χ1n) is 10.4. The second-order valence-electron chi connectivity index (χ2n) is 7.75. The van der Waals surface area contributed by atoms with Crippen LogP contribution in [0.2, 0.25) is 0 Å². The molecule has 0 aliphatic rings. The number of nitrogens with zero attached hydrogens (tertiary/aromatic N) is 2. The third-order valence-corrected chi connectivity index (χ3v) is 7.17. The number of carboxylic acid groups (broad SMARTS) is 2. The first-order chi connectivity index (χ1) is 17.0. The van der Waals surface area contributed by atoms with Crippen LogP contribution in [-0.2, 0) is 22.2 Å². The van der Waals surface area contributed by atoms with E-state index in [-0.39, 0.29) is 16.1 Å². The lowest BCUT2D eigenvalue weighted by Gasteiger charge is -2.21. The fraction of sp³-hybridized carbons (Fsp3) is 0.167. The van der Waals surface area contributed by atoms with E-state index in [1.807, 2.05) is 17.5 Å². The topological polar surface area (TPSA) is 108 Å². The zero-order valence-electron chi connectivity index (χ0n) is 18.3. The predicted molar refractivity (Wildman–Crippen MR) is 130 cm³/mol. The lowest BCUT2D eigenvalue weighted by Crippen LogP contribution is -2.35. The molecule has 1 aromatic carbocycles. The van der Waals surface area contributed by atoms with Crippen LogP contribution < -0.4 is 4.90 Å². The normalized spacial score (nSPS) is 11.5. The summed E-state index contributed by atoms with van der Waals surface area (Å²) < 4.78 is 39.4. The molecule has 4 aromatic rings. The number of aromatic nitrogens is 1. The van der Waals surface area contributed by atoms with Crippen molar-refractivity contribution >= 4 is 56.3 Å². The predicted octanol–water partition coefficient (Wildman–Crippen LogP) is 5.44. The van der Waals surface area contributed by atoms with E-state index in [0.717, 1.165) is 33.2 Å². The highest BCUT2D eigenvalue weighted by atomic mass is 32.1. The standard InChI is InChI=1S/C24H17F3N2O5S2/c25-24(26,27)14-4-1-3-13(9-14)10-17(30)22-21(29(11-19(31)32)12-20(33)34)15-6-7-16(28-23(15)36-22)18-5-2-8-35-18/h1-9H,10-12H2,(H,31,32)(H,33,34). The van der Waals surface area contributed by atoms with Gasteiger partial charge in [0, 0.05) is 11.8 Å². The Morgan fingerprint density at radius 1 is 0.972 bits per heavy atom. The highest BCUT2D eigenvalue weighted by molar-refractivity contribution is 7.21. The van der Waals surface area contributed by atoms with Gasteiger partial charge < -0.3 is 15.1 Å². The van der Waals surface area contributed by atoms with Gasteiger partial charge in [-0.2, -0.15) is 13.2 Å². The second-order valence-corrected chi connectivity index (χ2v) is 9.69. The molecule has 0 atom stereocenters. The summed E-state index contributed by atoms with van der Waals surface area (Å²) in [6, 6.07) is 11.4. The molecule has 0 amide bonds. The number of hydrogen-bond donors (Lipinski definition) is 2. The Morgan fingerprint density at radius 2 is 1.69 bits per heavy atom. The average Bonchev–Trinajstić information content (AvgIpc) is 3.45. The summed E-state index contributed by atoms with van der Waals surface area (Å²) in [4.78, 5) is 43.2. The molecule has 0 radical (unpaired) electrons. The Bertz CT molecular complexity index is 1430. The molecule has 186 valence electrons. The molecule has 3 aromatic heterocycles. The first kappa shape index (κ1) is 25.3. The molecule has 36 heavy (non-hydrogen) atoms. The van der Waals surface area contributed by atoms with Crippen LogP contribution in [0.15, 0.2) is 53.9 Å². The monoisotopic (exact) mass is 534 g/mol. The maximum atomic E-state index is 13.3. The Balaban J connectivity index is 1.82. The smallest absolute Gasteiger partial charge is 0.416 e. The largest absolute Gasteiger partial charge is 0.480 e. The third kappa shape index (κ3) is 5.55. The van der Waals surface area contributed by atoms with E-state index in [0.29, 0.717) is 15.9 Å². The lowest BCUT2D eigenvalue weighted by atomic mass is 10.0. The summed E-state index contributed by atoms with van der Waals surface area (Å²) in [5.41, 5.74) is -0.0781. The number of pyridine rings is 1. The fourth-order valence-corrected chi connectivity index (χ4v) is 5.52. The molecule has 2 N–H and O–H groups in total. The van der Waals surface area contributed by atoms with Gasteiger partial charge in [-0.1, -0.05) is 24.3 Å². The SMILES string of the molecule is O=C(O)CN(CC(=O)O)c1c(C(=O)Cc2cccc(C(F)(F)F)c2)sc2nc(-c3cccs3)ccc12. The van der Waals surface area contributed by atoms with Gasteiger partial charge in [0.1, 0.15) is 17.9 Å². The molecule has 0 saturated carbocycles. The van der Waals surface area contributed by atoms with Gasteiger partial charge in [-0.25, -0.2) is 4.98 Å². The number of Topliss-reactive ketones (excluding diaryl/α,β-unsaturated/α-hetero) is 1. The van der Waals surface area contributed by atoms with E-state index < -0.39 is 49.0 Å². The number of fused-ring (bicyclic) bond motifs is 1. The zero-order valence-corrected chi connectivity index (χ0v) is 19.9. The zero-order chi connectivity index (χ0) is 26.0. The number of ketones is 1. The van der Waals surface area contributed by atoms with Crippen molar-refractivity contribution < 1.29 is 37.8 Å². The van der Waals surface area contributed by atoms with Crippen molar-refractivity contribution in [3.63, 3.8) is 0 Å². The molecule has 3 heterocycles. The van der Waals surface area contributed by atoms with Gasteiger partial charge in [0.2, 0.25) is 0 Å². The molecule has 0 bridgehead atoms. The van der Waals surface area contributed by atoms with E-state index >= 15 is 0 Å². The lowest BCUT2D eigenvalue weighted by molar-refractivity contribution is -0.138. The Morgan fingerprint density at radius 3 is 2.31 bits per heavy atom. The van der Waals surface area contributed by atoms with Gasteiger partial charge in [-0.05, 0) is 35.2 Å². The molecular formula is C24H17F3N2O5S2. The number of hydrogen-bond acceptors (Lipinski definition) is 7. The van der Waals surface area contributed by atoms with E-state index in [2.05, 4.69) is 4.98 Å². The van der Waals surface area contributed by atoms with Crippen molar-refractivity contribution in [3.8, 4) is 10.6 Å². The van der Waals surface area contributed by atoms with E-state index in [9.17, 15) is 37.8 Å². The maximum absolute atomic E-state index is 13.3. The summed E-state index contributed by atoms with van der Waals surface area (Å²) in [7, 11) is 0. The van der Waals surface area contributed by atoms with Crippen LogP contribution in [0.25, 0.3) is 20.8 Å². The van der Waals surface area contributed by atoms with Gasteiger partial charge in [0.25, 0.3) is 0 Å². The molecule has 0 fully saturated rings. The molecule has 0 aliphatic heterocycles. The number of anilines is 1. The van der Waals surface area contributed by atoms with Gasteiger partial charge in [0.15, 0.2) is 5.78 Å². The van der Waals surface area contributed by atoms with Crippen LogP contribution in [-0.4, -0.2) is 46.0 Å². The van der Waals surface area contributed by atoms with Gasteiger partial charge >= 0.3 is 18.1 Å². The summed E-state index contributed by atoms with van der Waals surface area (Å²) in [6.45, 7) is -1.40. The van der Waals surface area contributed by atoms with Crippen LogP contribution in [0.3, 0.4) is 0 Å². The molecule has 0 aliphatic carbocycles. The number of carboxylic acids is 2. The Hall–Kier alpha value is -3.77. The number of carbonyl (C=O) groups is 3. The van der Waals surface area contributed by atoms with Crippen LogP contribution in [0, 0.1) is 0 Å². The minimum Gasteiger partial charge on any atom is -0.480 e. The second kappa shape index (κ2) is 10.1. The first-order valence-corrected chi connectivity index (χ1v) is 12.1. The van der Waals surface area contributed by atoms with Crippen molar-refractivity contribution in [2.45, 2.75) is 12.6 Å². The van der Waals surface area contributed by atoms with Gasteiger partial charge in [-0.15, -0.1) is 22.7 Å². The molecule has 0 spiro atoms. The molecule has 0 unspecified atom stereocenters. The number of benzene rings is 1. The Labute approximate surface area is 210 Å². The molecule has 12 heteroatoms. The van der Waals surface area contributed by atoms with Crippen molar-refractivity contribution in [1.29, 1.82) is 0 Å². The van der Waals surface area contributed by atoms with Crippen LogP contribution in [0.5, 0.6) is 0 Å². The fourth-order valence-electron chi connectivity index (χ4n) is 3.69. The average molecular weight is 535 g/mol. The summed E-state index contributed by atoms with van der Waals surface area (Å²) in [5.74, 6) is -3.20. The maximum Gasteiger partial charge on any atom is 0.416 e. The minimum absolute atomic E-state index is 0.0285. The van der Waals surface area contributed by atoms with Crippen molar-refractivity contribution in [2.24, 2.45) is 0 Å². The van der Waals surface area contributed by atoms with Crippen LogP contribution in [0.4, 0.5) is 18.9 Å². The number of halogens is 3. The number of carbonyl (C=O) groups excluding carboxylic acids is 1. The summed E-state index contributed by atoms with van der Waals surface area (Å²) in [6.07, 6.45) is -4.97. The summed E-state index contributed by atoms with van der Waals surface area (Å²) in [5, 5.41) is 21.0. The number of thiophene rings is 2.